The molecule has 0 unspecified atom stereocenters. The van der Waals surface area contributed by atoms with Crippen LogP contribution in [0.2, 0.25) is 5.02 Å². The molecule has 0 radical (unpaired) electrons. The number of guanidine groups is 1. The van der Waals surface area contributed by atoms with Crippen molar-refractivity contribution < 1.29 is 9.47 Å². The van der Waals surface area contributed by atoms with E-state index >= 15 is 0 Å². The molecule has 2 rings (SSSR count). The molecule has 124 valence electrons. The summed E-state index contributed by atoms with van der Waals surface area (Å²) in [6.45, 7) is 5.99. The lowest BCUT2D eigenvalue weighted by Gasteiger charge is -2.40. The largest absolute Gasteiger partial charge is 0.347 e. The SMILES string of the molecule is CCOC1(OCC)CN=C(NC#N)N(Cc2ncccc2Cl)C1. The van der Waals surface area contributed by atoms with Gasteiger partial charge in [-0.15, -0.1) is 0 Å². The topological polar surface area (TPSA) is 82.8 Å². The van der Waals surface area contributed by atoms with Gasteiger partial charge in [0, 0.05) is 19.4 Å². The van der Waals surface area contributed by atoms with Crippen LogP contribution in [0.4, 0.5) is 0 Å². The van der Waals surface area contributed by atoms with Crippen molar-refractivity contribution >= 4 is 17.6 Å². The molecule has 1 aliphatic heterocycles. The van der Waals surface area contributed by atoms with Gasteiger partial charge in [-0.05, 0) is 26.0 Å². The van der Waals surface area contributed by atoms with Crippen LogP contribution >= 0.6 is 11.6 Å². The van der Waals surface area contributed by atoms with E-state index < -0.39 is 5.79 Å². The molecule has 0 atom stereocenters. The Balaban J connectivity index is 2.25. The Morgan fingerprint density at radius 1 is 1.43 bits per heavy atom. The van der Waals surface area contributed by atoms with E-state index in [1.54, 1.807) is 18.3 Å². The van der Waals surface area contributed by atoms with Gasteiger partial charge in [0.05, 0.1) is 30.4 Å². The van der Waals surface area contributed by atoms with E-state index in [9.17, 15) is 0 Å². The first-order valence-electron chi connectivity index (χ1n) is 7.46. The van der Waals surface area contributed by atoms with Crippen molar-refractivity contribution in [1.82, 2.24) is 15.2 Å². The maximum Gasteiger partial charge on any atom is 0.208 e. The number of halogens is 1. The molecule has 0 saturated carbocycles. The van der Waals surface area contributed by atoms with E-state index in [1.807, 2.05) is 24.9 Å². The van der Waals surface area contributed by atoms with Gasteiger partial charge in [-0.1, -0.05) is 11.6 Å². The highest BCUT2D eigenvalue weighted by Gasteiger charge is 2.38. The zero-order valence-corrected chi connectivity index (χ0v) is 14.0. The number of aliphatic imine (C=N–C) groups is 1. The standard InChI is InChI=1S/C15H20ClN5O2/c1-3-22-15(23-4-2)9-19-14(20-11-17)21(10-15)8-13-12(16)6-5-7-18-13/h5-7H,3-4,8-10H2,1-2H3,(H,19,20). The van der Waals surface area contributed by atoms with Gasteiger partial charge < -0.3 is 14.4 Å². The summed E-state index contributed by atoms with van der Waals surface area (Å²) in [5.41, 5.74) is 0.699. The second kappa shape index (κ2) is 8.11. The van der Waals surface area contributed by atoms with Crippen LogP contribution in [-0.4, -0.2) is 47.9 Å². The van der Waals surface area contributed by atoms with Gasteiger partial charge in [-0.25, -0.2) is 4.99 Å². The molecule has 7 nitrogen and oxygen atoms in total. The smallest absolute Gasteiger partial charge is 0.208 e. The lowest BCUT2D eigenvalue weighted by atomic mass is 10.2. The van der Waals surface area contributed by atoms with Gasteiger partial charge in [0.2, 0.25) is 11.7 Å². The molecule has 23 heavy (non-hydrogen) atoms. The molecule has 0 bridgehead atoms. The number of rotatable bonds is 6. The predicted molar refractivity (Wildman–Crippen MR) is 86.7 cm³/mol. The van der Waals surface area contributed by atoms with E-state index in [4.69, 9.17) is 26.3 Å². The monoisotopic (exact) mass is 337 g/mol. The summed E-state index contributed by atoms with van der Waals surface area (Å²) in [5.74, 6) is -0.366. The molecule has 1 aromatic rings. The normalized spacial score (nSPS) is 16.6. The Labute approximate surface area is 140 Å². The second-order valence-corrected chi connectivity index (χ2v) is 5.35. The van der Waals surface area contributed by atoms with E-state index in [2.05, 4.69) is 15.3 Å². The molecule has 2 heterocycles. The van der Waals surface area contributed by atoms with Crippen molar-refractivity contribution in [2.75, 3.05) is 26.3 Å². The highest BCUT2D eigenvalue weighted by atomic mass is 35.5. The molecule has 8 heteroatoms. The Kier molecular flexibility index (Phi) is 6.16. The van der Waals surface area contributed by atoms with Crippen molar-refractivity contribution in [2.45, 2.75) is 26.2 Å². The van der Waals surface area contributed by atoms with Crippen molar-refractivity contribution in [3.8, 4) is 6.19 Å². The molecular formula is C15H20ClN5O2. The maximum atomic E-state index is 8.92. The third-order valence-corrected chi connectivity index (χ3v) is 3.70. The lowest BCUT2D eigenvalue weighted by Crippen LogP contribution is -2.57. The second-order valence-electron chi connectivity index (χ2n) is 4.94. The first-order chi connectivity index (χ1) is 11.1. The number of nitriles is 1. The summed E-state index contributed by atoms with van der Waals surface area (Å²) in [6.07, 6.45) is 3.58. The van der Waals surface area contributed by atoms with Crippen LogP contribution in [0.15, 0.2) is 23.3 Å². The van der Waals surface area contributed by atoms with Gasteiger partial charge in [-0.3, -0.25) is 10.3 Å². The summed E-state index contributed by atoms with van der Waals surface area (Å²) in [5, 5.41) is 12.1. The van der Waals surface area contributed by atoms with Crippen LogP contribution < -0.4 is 5.32 Å². The summed E-state index contributed by atoms with van der Waals surface area (Å²) in [7, 11) is 0. The molecular weight excluding hydrogens is 318 g/mol. The Hall–Kier alpha value is -1.88. The third-order valence-electron chi connectivity index (χ3n) is 3.36. The van der Waals surface area contributed by atoms with Crippen molar-refractivity contribution in [3.63, 3.8) is 0 Å². The summed E-state index contributed by atoms with van der Waals surface area (Å²) in [6, 6.07) is 3.55. The van der Waals surface area contributed by atoms with Gasteiger partial charge in [-0.2, -0.15) is 5.26 Å². The fourth-order valence-corrected chi connectivity index (χ4v) is 2.66. The zero-order valence-electron chi connectivity index (χ0n) is 13.3. The minimum absolute atomic E-state index is 0.325. The number of ether oxygens (including phenoxy) is 2. The number of pyridine rings is 1. The maximum absolute atomic E-state index is 8.92. The van der Waals surface area contributed by atoms with Crippen molar-refractivity contribution in [2.24, 2.45) is 4.99 Å². The van der Waals surface area contributed by atoms with Crippen LogP contribution in [0.25, 0.3) is 0 Å². The number of hydrogen-bond acceptors (Lipinski definition) is 7. The van der Waals surface area contributed by atoms with Crippen LogP contribution in [0, 0.1) is 11.5 Å². The number of aromatic nitrogens is 1. The quantitative estimate of drug-likeness (QED) is 0.484. The Morgan fingerprint density at radius 2 is 2.17 bits per heavy atom. The molecule has 1 aliphatic rings. The van der Waals surface area contributed by atoms with Crippen LogP contribution in [0.3, 0.4) is 0 Å². The molecule has 0 amide bonds. The van der Waals surface area contributed by atoms with E-state index in [-0.39, 0.29) is 0 Å². The Bertz CT molecular complexity index is 596. The molecule has 0 saturated heterocycles. The van der Waals surface area contributed by atoms with E-state index in [0.29, 0.717) is 49.5 Å². The van der Waals surface area contributed by atoms with E-state index in [1.165, 1.54) is 0 Å². The summed E-state index contributed by atoms with van der Waals surface area (Å²) >= 11 is 6.18. The van der Waals surface area contributed by atoms with E-state index in [0.717, 1.165) is 0 Å². The molecule has 1 N–H and O–H groups in total. The molecule has 0 aromatic carbocycles. The van der Waals surface area contributed by atoms with Crippen molar-refractivity contribution in [1.29, 1.82) is 5.26 Å². The fraction of sp³-hybridized carbons (Fsp3) is 0.533. The minimum Gasteiger partial charge on any atom is -0.347 e. The average molecular weight is 338 g/mol. The summed E-state index contributed by atoms with van der Waals surface area (Å²) in [4.78, 5) is 10.5. The summed E-state index contributed by atoms with van der Waals surface area (Å²) < 4.78 is 11.6. The molecule has 1 aromatic heterocycles. The molecule has 0 aliphatic carbocycles. The lowest BCUT2D eigenvalue weighted by molar-refractivity contribution is -0.234. The Morgan fingerprint density at radius 3 is 2.78 bits per heavy atom. The first kappa shape index (κ1) is 17.5. The zero-order chi connectivity index (χ0) is 16.7. The van der Waals surface area contributed by atoms with Gasteiger partial charge in [0.25, 0.3) is 0 Å². The van der Waals surface area contributed by atoms with Gasteiger partial charge >= 0.3 is 0 Å². The molecule has 0 fully saturated rings. The highest BCUT2D eigenvalue weighted by molar-refractivity contribution is 6.31. The van der Waals surface area contributed by atoms with Crippen LogP contribution in [-0.2, 0) is 16.0 Å². The van der Waals surface area contributed by atoms with Crippen molar-refractivity contribution in [3.05, 3.63) is 29.0 Å². The van der Waals surface area contributed by atoms with Crippen LogP contribution in [0.5, 0.6) is 0 Å². The minimum atomic E-state index is -0.828. The molecule has 0 spiro atoms. The number of nitrogens with one attached hydrogen (secondary N) is 1. The first-order valence-corrected chi connectivity index (χ1v) is 7.83. The third kappa shape index (κ3) is 4.32. The van der Waals surface area contributed by atoms with Crippen LogP contribution in [0.1, 0.15) is 19.5 Å². The highest BCUT2D eigenvalue weighted by Crippen LogP contribution is 2.23. The number of nitrogens with zero attached hydrogens (tertiary/aromatic N) is 4. The van der Waals surface area contributed by atoms with Gasteiger partial charge in [0.15, 0.2) is 6.19 Å². The number of hydrogen-bond donors (Lipinski definition) is 1. The average Bonchev–Trinajstić information content (AvgIpc) is 2.53. The van der Waals surface area contributed by atoms with Gasteiger partial charge in [0.1, 0.15) is 0 Å². The fourth-order valence-electron chi connectivity index (χ4n) is 2.48. The predicted octanol–water partition coefficient (Wildman–Crippen LogP) is 1.75.